The maximum absolute atomic E-state index is 8.95. The standard InChI is InChI=1S/C12H13N3/c13-5-8-3-1-2-4-11(8)15-12-9-6-14-7-10(9)12/h1-4,9-10,12,14-15H,6-7H2. The Kier molecular flexibility index (Phi) is 1.90. The molecule has 0 radical (unpaired) electrons. The summed E-state index contributed by atoms with van der Waals surface area (Å²) in [6.45, 7) is 2.24. The molecule has 76 valence electrons. The van der Waals surface area contributed by atoms with Crippen LogP contribution < -0.4 is 10.6 Å². The van der Waals surface area contributed by atoms with Crippen molar-refractivity contribution < 1.29 is 0 Å². The van der Waals surface area contributed by atoms with E-state index < -0.39 is 0 Å². The lowest BCUT2D eigenvalue weighted by Gasteiger charge is -2.09. The number of rotatable bonds is 2. The Labute approximate surface area is 89.1 Å². The van der Waals surface area contributed by atoms with E-state index >= 15 is 0 Å². The highest BCUT2D eigenvalue weighted by atomic mass is 15.1. The fraction of sp³-hybridized carbons (Fsp3) is 0.417. The molecule has 1 saturated carbocycles. The zero-order valence-electron chi connectivity index (χ0n) is 8.40. The van der Waals surface area contributed by atoms with Crippen LogP contribution in [0.3, 0.4) is 0 Å². The van der Waals surface area contributed by atoms with Gasteiger partial charge in [-0.1, -0.05) is 12.1 Å². The quantitative estimate of drug-likeness (QED) is 0.752. The summed E-state index contributed by atoms with van der Waals surface area (Å²) in [5, 5.41) is 15.8. The Morgan fingerprint density at radius 1 is 1.27 bits per heavy atom. The fourth-order valence-corrected chi connectivity index (χ4v) is 2.52. The molecule has 1 heterocycles. The van der Waals surface area contributed by atoms with Crippen molar-refractivity contribution in [2.75, 3.05) is 18.4 Å². The molecule has 0 bridgehead atoms. The molecule has 3 nitrogen and oxygen atoms in total. The summed E-state index contributed by atoms with van der Waals surface area (Å²) in [5.41, 5.74) is 1.73. The molecule has 15 heavy (non-hydrogen) atoms. The largest absolute Gasteiger partial charge is 0.381 e. The number of piperidine rings is 1. The number of fused-ring (bicyclic) bond motifs is 1. The molecule has 0 aromatic heterocycles. The third-order valence-corrected chi connectivity index (χ3v) is 3.46. The number of anilines is 1. The van der Waals surface area contributed by atoms with Crippen LogP contribution in [-0.4, -0.2) is 19.1 Å². The number of hydrogen-bond donors (Lipinski definition) is 2. The number of nitriles is 1. The zero-order chi connectivity index (χ0) is 10.3. The molecule has 2 fully saturated rings. The van der Waals surface area contributed by atoms with Gasteiger partial charge >= 0.3 is 0 Å². The molecule has 1 aromatic rings. The van der Waals surface area contributed by atoms with Crippen LogP contribution in [0.5, 0.6) is 0 Å². The predicted octanol–water partition coefficient (Wildman–Crippen LogP) is 1.19. The molecule has 1 aromatic carbocycles. The number of nitrogens with one attached hydrogen (secondary N) is 2. The van der Waals surface area contributed by atoms with Crippen LogP contribution in [-0.2, 0) is 0 Å². The molecule has 2 N–H and O–H groups in total. The van der Waals surface area contributed by atoms with Crippen LogP contribution in [0.25, 0.3) is 0 Å². The van der Waals surface area contributed by atoms with E-state index in [9.17, 15) is 0 Å². The van der Waals surface area contributed by atoms with Crippen molar-refractivity contribution in [3.8, 4) is 6.07 Å². The Bertz CT molecular complexity index is 411. The van der Waals surface area contributed by atoms with E-state index in [-0.39, 0.29) is 0 Å². The first kappa shape index (κ1) is 8.75. The van der Waals surface area contributed by atoms with Gasteiger partial charge in [0.1, 0.15) is 6.07 Å². The van der Waals surface area contributed by atoms with Gasteiger partial charge < -0.3 is 10.6 Å². The lowest BCUT2D eigenvalue weighted by Crippen LogP contribution is -2.21. The first-order valence-corrected chi connectivity index (χ1v) is 5.36. The van der Waals surface area contributed by atoms with E-state index in [4.69, 9.17) is 5.26 Å². The number of benzene rings is 1. The number of hydrogen-bond acceptors (Lipinski definition) is 3. The van der Waals surface area contributed by atoms with Crippen LogP contribution in [0.15, 0.2) is 24.3 Å². The van der Waals surface area contributed by atoms with E-state index in [0.717, 1.165) is 36.2 Å². The second-order valence-corrected chi connectivity index (χ2v) is 4.31. The van der Waals surface area contributed by atoms with Gasteiger partial charge in [0.25, 0.3) is 0 Å². The minimum atomic E-state index is 0.584. The van der Waals surface area contributed by atoms with Gasteiger partial charge in [0.15, 0.2) is 0 Å². The Morgan fingerprint density at radius 2 is 2.00 bits per heavy atom. The van der Waals surface area contributed by atoms with Gasteiger partial charge in [-0.15, -0.1) is 0 Å². The Hall–Kier alpha value is -1.53. The molecule has 1 aliphatic heterocycles. The van der Waals surface area contributed by atoms with Crippen molar-refractivity contribution in [1.82, 2.24) is 5.32 Å². The molecule has 0 amide bonds. The third kappa shape index (κ3) is 1.38. The maximum Gasteiger partial charge on any atom is 0.101 e. The van der Waals surface area contributed by atoms with Gasteiger partial charge in [-0.05, 0) is 24.0 Å². The van der Waals surface area contributed by atoms with Crippen molar-refractivity contribution in [2.45, 2.75) is 6.04 Å². The smallest absolute Gasteiger partial charge is 0.101 e. The Morgan fingerprint density at radius 3 is 2.73 bits per heavy atom. The molecule has 0 spiro atoms. The van der Waals surface area contributed by atoms with Gasteiger partial charge in [0.05, 0.1) is 11.3 Å². The molecular formula is C12H13N3. The average molecular weight is 199 g/mol. The number of nitrogens with zero attached hydrogens (tertiary/aromatic N) is 1. The molecule has 2 atom stereocenters. The second kappa shape index (κ2) is 3.25. The first-order chi connectivity index (χ1) is 7.40. The van der Waals surface area contributed by atoms with E-state index in [1.807, 2.05) is 24.3 Å². The highest BCUT2D eigenvalue weighted by molar-refractivity contribution is 5.58. The third-order valence-electron chi connectivity index (χ3n) is 3.46. The fourth-order valence-electron chi connectivity index (χ4n) is 2.52. The molecular weight excluding hydrogens is 186 g/mol. The van der Waals surface area contributed by atoms with Crippen LogP contribution in [0.2, 0.25) is 0 Å². The summed E-state index contributed by atoms with van der Waals surface area (Å²) in [6.07, 6.45) is 0. The van der Waals surface area contributed by atoms with Gasteiger partial charge in [-0.2, -0.15) is 5.26 Å². The minimum absolute atomic E-state index is 0.584. The normalized spacial score (nSPS) is 31.8. The summed E-state index contributed by atoms with van der Waals surface area (Å²) in [7, 11) is 0. The topological polar surface area (TPSA) is 47.9 Å². The van der Waals surface area contributed by atoms with Crippen molar-refractivity contribution in [3.63, 3.8) is 0 Å². The van der Waals surface area contributed by atoms with Crippen LogP contribution in [0.1, 0.15) is 5.56 Å². The SMILES string of the molecule is N#Cc1ccccc1NC1C2CNCC21. The molecule has 2 aliphatic rings. The molecule has 3 heteroatoms. The number of para-hydroxylation sites is 1. The molecule has 1 saturated heterocycles. The van der Waals surface area contributed by atoms with Gasteiger partial charge in [-0.3, -0.25) is 0 Å². The minimum Gasteiger partial charge on any atom is -0.381 e. The van der Waals surface area contributed by atoms with Gasteiger partial charge in [0, 0.05) is 19.1 Å². The van der Waals surface area contributed by atoms with Crippen molar-refractivity contribution >= 4 is 5.69 Å². The van der Waals surface area contributed by atoms with Crippen LogP contribution in [0.4, 0.5) is 5.69 Å². The lowest BCUT2D eigenvalue weighted by atomic mass is 10.2. The molecule has 1 aliphatic carbocycles. The summed E-state index contributed by atoms with van der Waals surface area (Å²) in [6, 6.07) is 10.5. The van der Waals surface area contributed by atoms with Crippen molar-refractivity contribution in [1.29, 1.82) is 5.26 Å². The van der Waals surface area contributed by atoms with E-state index in [1.54, 1.807) is 0 Å². The van der Waals surface area contributed by atoms with Crippen LogP contribution >= 0.6 is 0 Å². The van der Waals surface area contributed by atoms with Crippen LogP contribution in [0, 0.1) is 23.2 Å². The van der Waals surface area contributed by atoms with Crippen molar-refractivity contribution in [2.24, 2.45) is 11.8 Å². The first-order valence-electron chi connectivity index (χ1n) is 5.36. The highest BCUT2D eigenvalue weighted by Gasteiger charge is 2.52. The summed E-state index contributed by atoms with van der Waals surface area (Å²) in [5.74, 6) is 1.55. The average Bonchev–Trinajstić information content (AvgIpc) is 2.75. The van der Waals surface area contributed by atoms with E-state index in [1.165, 1.54) is 0 Å². The van der Waals surface area contributed by atoms with Gasteiger partial charge in [0.2, 0.25) is 0 Å². The summed E-state index contributed by atoms with van der Waals surface area (Å²) in [4.78, 5) is 0. The van der Waals surface area contributed by atoms with Crippen molar-refractivity contribution in [3.05, 3.63) is 29.8 Å². The predicted molar refractivity (Wildman–Crippen MR) is 58.4 cm³/mol. The maximum atomic E-state index is 8.95. The zero-order valence-corrected chi connectivity index (χ0v) is 8.40. The highest BCUT2D eigenvalue weighted by Crippen LogP contribution is 2.43. The summed E-state index contributed by atoms with van der Waals surface area (Å²) < 4.78 is 0. The molecule has 3 rings (SSSR count). The lowest BCUT2D eigenvalue weighted by molar-refractivity contribution is 0.697. The molecule has 2 unspecified atom stereocenters. The summed E-state index contributed by atoms with van der Waals surface area (Å²) >= 11 is 0. The van der Waals surface area contributed by atoms with E-state index in [0.29, 0.717) is 6.04 Å². The Balaban J connectivity index is 1.75. The van der Waals surface area contributed by atoms with Gasteiger partial charge in [-0.25, -0.2) is 0 Å². The monoisotopic (exact) mass is 199 g/mol. The second-order valence-electron chi connectivity index (χ2n) is 4.31. The van der Waals surface area contributed by atoms with E-state index in [2.05, 4.69) is 16.7 Å².